The van der Waals surface area contributed by atoms with Gasteiger partial charge in [0.15, 0.2) is 10.9 Å². The number of amides is 1. The number of hydrogen-bond acceptors (Lipinski definition) is 5. The molecular formula is C19H15ClN4O2S. The highest BCUT2D eigenvalue weighted by Crippen LogP contribution is 2.26. The summed E-state index contributed by atoms with van der Waals surface area (Å²) in [5, 5.41) is 12.1. The number of halogens is 1. The highest BCUT2D eigenvalue weighted by atomic mass is 35.5. The summed E-state index contributed by atoms with van der Waals surface area (Å²) in [5.74, 6) is 0.144. The Labute approximate surface area is 164 Å². The molecule has 8 heteroatoms. The van der Waals surface area contributed by atoms with Crippen molar-refractivity contribution in [1.82, 2.24) is 14.8 Å². The van der Waals surface area contributed by atoms with E-state index in [4.69, 9.17) is 11.6 Å². The van der Waals surface area contributed by atoms with E-state index in [1.807, 2.05) is 25.1 Å². The highest BCUT2D eigenvalue weighted by Gasteiger charge is 2.19. The zero-order valence-electron chi connectivity index (χ0n) is 14.4. The molecule has 4 rings (SSSR count). The van der Waals surface area contributed by atoms with Gasteiger partial charge in [-0.1, -0.05) is 29.4 Å². The van der Waals surface area contributed by atoms with Crippen LogP contribution in [0.25, 0.3) is 5.69 Å². The maximum atomic E-state index is 12.6. The van der Waals surface area contributed by atoms with Crippen molar-refractivity contribution in [3.8, 4) is 5.69 Å². The number of benzene rings is 2. The minimum absolute atomic E-state index is 0.0290. The standard InChI is InChI=1S/C19H15ClN4O2S/c1-11-2-4-14(8-15(11)20)24-10-21-23-19(24)27-9-17(25)12-3-5-16-13(6-12)7-18(26)22-16/h2-6,8,10H,7,9H2,1H3,(H,22,26). The van der Waals surface area contributed by atoms with Crippen molar-refractivity contribution >= 4 is 40.7 Å². The van der Waals surface area contributed by atoms with Crippen LogP contribution in [0.1, 0.15) is 21.5 Å². The lowest BCUT2D eigenvalue weighted by atomic mass is 10.1. The summed E-state index contributed by atoms with van der Waals surface area (Å²) >= 11 is 7.51. The minimum atomic E-state index is -0.0474. The molecule has 0 spiro atoms. The van der Waals surface area contributed by atoms with Crippen molar-refractivity contribution < 1.29 is 9.59 Å². The van der Waals surface area contributed by atoms with Gasteiger partial charge in [-0.15, -0.1) is 10.2 Å². The van der Waals surface area contributed by atoms with Gasteiger partial charge in [0.05, 0.1) is 17.9 Å². The molecule has 0 radical (unpaired) electrons. The summed E-state index contributed by atoms with van der Waals surface area (Å²) in [6.07, 6.45) is 1.91. The molecule has 1 amide bonds. The van der Waals surface area contributed by atoms with Crippen LogP contribution < -0.4 is 5.32 Å². The van der Waals surface area contributed by atoms with Crippen LogP contribution in [0.4, 0.5) is 5.69 Å². The van der Waals surface area contributed by atoms with Crippen LogP contribution in [-0.2, 0) is 11.2 Å². The molecule has 0 atom stereocenters. The third kappa shape index (κ3) is 3.61. The second-order valence-corrected chi connectivity index (χ2v) is 7.58. The molecule has 1 aromatic heterocycles. The average Bonchev–Trinajstić information content (AvgIpc) is 3.26. The number of fused-ring (bicyclic) bond motifs is 1. The Kier molecular flexibility index (Phi) is 4.72. The first kappa shape index (κ1) is 17.8. The van der Waals surface area contributed by atoms with Crippen molar-refractivity contribution in [3.05, 3.63) is 64.4 Å². The number of nitrogens with zero attached hydrogens (tertiary/aromatic N) is 3. The molecule has 0 saturated heterocycles. The fourth-order valence-corrected chi connectivity index (χ4v) is 3.85. The fourth-order valence-electron chi connectivity index (χ4n) is 2.85. The molecule has 6 nitrogen and oxygen atoms in total. The van der Waals surface area contributed by atoms with Crippen LogP contribution >= 0.6 is 23.4 Å². The lowest BCUT2D eigenvalue weighted by Gasteiger charge is -2.08. The maximum absolute atomic E-state index is 12.6. The smallest absolute Gasteiger partial charge is 0.228 e. The number of ketones is 1. The van der Waals surface area contributed by atoms with E-state index in [-0.39, 0.29) is 17.4 Å². The molecule has 0 fully saturated rings. The van der Waals surface area contributed by atoms with Gasteiger partial charge >= 0.3 is 0 Å². The van der Waals surface area contributed by atoms with Gasteiger partial charge in [0, 0.05) is 16.3 Å². The molecule has 0 aliphatic carbocycles. The molecule has 2 heterocycles. The van der Waals surface area contributed by atoms with E-state index in [1.54, 1.807) is 29.1 Å². The predicted molar refractivity (Wildman–Crippen MR) is 105 cm³/mol. The average molecular weight is 399 g/mol. The van der Waals surface area contributed by atoms with E-state index in [0.717, 1.165) is 22.5 Å². The Morgan fingerprint density at radius 1 is 1.30 bits per heavy atom. The number of nitrogens with one attached hydrogen (secondary N) is 1. The second-order valence-electron chi connectivity index (χ2n) is 6.23. The van der Waals surface area contributed by atoms with Gasteiger partial charge in [-0.2, -0.15) is 0 Å². The van der Waals surface area contributed by atoms with Gasteiger partial charge in [0.25, 0.3) is 0 Å². The minimum Gasteiger partial charge on any atom is -0.326 e. The third-order valence-corrected chi connectivity index (χ3v) is 5.69. The maximum Gasteiger partial charge on any atom is 0.228 e. The van der Waals surface area contributed by atoms with Gasteiger partial charge in [-0.3, -0.25) is 14.2 Å². The van der Waals surface area contributed by atoms with Crippen LogP contribution in [-0.4, -0.2) is 32.2 Å². The summed E-state index contributed by atoms with van der Waals surface area (Å²) in [7, 11) is 0. The molecular weight excluding hydrogens is 384 g/mol. The van der Waals surface area contributed by atoms with Crippen LogP contribution in [0, 0.1) is 6.92 Å². The Hall–Kier alpha value is -2.64. The first-order chi connectivity index (χ1) is 13.0. The Bertz CT molecular complexity index is 1060. The van der Waals surface area contributed by atoms with E-state index in [0.29, 0.717) is 22.2 Å². The lowest BCUT2D eigenvalue weighted by molar-refractivity contribution is -0.115. The largest absolute Gasteiger partial charge is 0.326 e. The van der Waals surface area contributed by atoms with E-state index >= 15 is 0 Å². The van der Waals surface area contributed by atoms with Crippen molar-refractivity contribution in [2.24, 2.45) is 0 Å². The van der Waals surface area contributed by atoms with Gasteiger partial charge < -0.3 is 5.32 Å². The SMILES string of the molecule is Cc1ccc(-n2cnnc2SCC(=O)c2ccc3c(c2)CC(=O)N3)cc1Cl. The van der Waals surface area contributed by atoms with Crippen LogP contribution in [0.3, 0.4) is 0 Å². The van der Waals surface area contributed by atoms with Gasteiger partial charge in [-0.05, 0) is 48.4 Å². The van der Waals surface area contributed by atoms with Gasteiger partial charge in [-0.25, -0.2) is 0 Å². The predicted octanol–water partition coefficient (Wildman–Crippen LogP) is 3.70. The molecule has 27 heavy (non-hydrogen) atoms. The number of rotatable bonds is 5. The van der Waals surface area contributed by atoms with Crippen molar-refractivity contribution in [3.63, 3.8) is 0 Å². The van der Waals surface area contributed by atoms with Crippen molar-refractivity contribution in [1.29, 1.82) is 0 Å². The lowest BCUT2D eigenvalue weighted by Crippen LogP contribution is -2.04. The number of aryl methyl sites for hydroxylation is 1. The molecule has 1 aliphatic rings. The number of hydrogen-bond donors (Lipinski definition) is 1. The van der Waals surface area contributed by atoms with E-state index in [2.05, 4.69) is 15.5 Å². The first-order valence-corrected chi connectivity index (χ1v) is 9.63. The molecule has 0 bridgehead atoms. The van der Waals surface area contributed by atoms with Gasteiger partial charge in [0.2, 0.25) is 5.91 Å². The molecule has 136 valence electrons. The van der Waals surface area contributed by atoms with Crippen molar-refractivity contribution in [2.75, 3.05) is 11.1 Å². The molecule has 0 unspecified atom stereocenters. The number of anilines is 1. The van der Waals surface area contributed by atoms with E-state index in [9.17, 15) is 9.59 Å². The summed E-state index contributed by atoms with van der Waals surface area (Å²) in [6.45, 7) is 1.94. The van der Waals surface area contributed by atoms with E-state index in [1.165, 1.54) is 11.8 Å². The summed E-state index contributed by atoms with van der Waals surface area (Å²) < 4.78 is 1.80. The number of carbonyl (C=O) groups is 2. The van der Waals surface area contributed by atoms with Crippen molar-refractivity contribution in [2.45, 2.75) is 18.5 Å². The van der Waals surface area contributed by atoms with E-state index < -0.39 is 0 Å². The Morgan fingerprint density at radius 2 is 2.15 bits per heavy atom. The number of Topliss-reactive ketones (excluding diaryl/α,β-unsaturated/α-hetero) is 1. The Morgan fingerprint density at radius 3 is 2.96 bits per heavy atom. The normalized spacial score (nSPS) is 12.7. The number of aromatic nitrogens is 3. The van der Waals surface area contributed by atoms with Gasteiger partial charge in [0.1, 0.15) is 6.33 Å². The summed E-state index contributed by atoms with van der Waals surface area (Å²) in [4.78, 5) is 24.0. The third-order valence-electron chi connectivity index (χ3n) is 4.33. The monoisotopic (exact) mass is 398 g/mol. The van der Waals surface area contributed by atoms with Crippen LogP contribution in [0.5, 0.6) is 0 Å². The highest BCUT2D eigenvalue weighted by molar-refractivity contribution is 7.99. The zero-order valence-corrected chi connectivity index (χ0v) is 16.0. The Balaban J connectivity index is 1.49. The fraction of sp³-hybridized carbons (Fsp3) is 0.158. The molecule has 0 saturated carbocycles. The second kappa shape index (κ2) is 7.17. The molecule has 2 aromatic carbocycles. The number of carbonyl (C=O) groups excluding carboxylic acids is 2. The quantitative estimate of drug-likeness (QED) is 0.523. The summed E-state index contributed by atoms with van der Waals surface area (Å²) in [5.41, 5.74) is 4.05. The topological polar surface area (TPSA) is 76.9 Å². The van der Waals surface area contributed by atoms with Crippen LogP contribution in [0.2, 0.25) is 5.02 Å². The molecule has 1 N–H and O–H groups in total. The zero-order chi connectivity index (χ0) is 19.0. The molecule has 3 aromatic rings. The summed E-state index contributed by atoms with van der Waals surface area (Å²) in [6, 6.07) is 11.0. The number of thioether (sulfide) groups is 1. The first-order valence-electron chi connectivity index (χ1n) is 8.26. The molecule has 1 aliphatic heterocycles. The van der Waals surface area contributed by atoms with Crippen LogP contribution in [0.15, 0.2) is 47.9 Å².